The molecule has 0 amide bonds. The molecule has 0 radical (unpaired) electrons. The van der Waals surface area contributed by atoms with Crippen LogP contribution in [0.4, 0.5) is 0 Å². The molecule has 82 valence electrons. The van der Waals surface area contributed by atoms with Gasteiger partial charge in [0.05, 0.1) is 25.7 Å². The fourth-order valence-corrected chi connectivity index (χ4v) is 2.18. The molecule has 0 bridgehead atoms. The van der Waals surface area contributed by atoms with E-state index in [4.69, 9.17) is 46.4 Å². The molecule has 0 saturated heterocycles. The highest BCUT2D eigenvalue weighted by Crippen LogP contribution is 2.38. The summed E-state index contributed by atoms with van der Waals surface area (Å²) in [6, 6.07) is 1.42. The fourth-order valence-electron chi connectivity index (χ4n) is 1.08. The van der Waals surface area contributed by atoms with Crippen molar-refractivity contribution in [1.82, 2.24) is 0 Å². The van der Waals surface area contributed by atoms with Crippen molar-refractivity contribution in [3.63, 3.8) is 0 Å². The van der Waals surface area contributed by atoms with E-state index in [2.05, 4.69) is 0 Å². The molecule has 5 heteroatoms. The molecule has 0 fully saturated rings. The third-order valence-corrected chi connectivity index (χ3v) is 3.45. The van der Waals surface area contributed by atoms with Gasteiger partial charge in [-0.2, -0.15) is 0 Å². The van der Waals surface area contributed by atoms with E-state index in [-0.39, 0.29) is 37.4 Å². The van der Waals surface area contributed by atoms with E-state index in [1.54, 1.807) is 13.8 Å². The molecule has 0 N–H and O–H groups in total. The highest BCUT2D eigenvalue weighted by atomic mass is 35.5. The fraction of sp³-hybridized carbons (Fsp3) is 0.300. The molecular formula is C10H8Cl4O. The first-order chi connectivity index (χ1) is 6.86. The van der Waals surface area contributed by atoms with Crippen LogP contribution in [0.15, 0.2) is 6.07 Å². The first-order valence-electron chi connectivity index (χ1n) is 4.23. The summed E-state index contributed by atoms with van der Waals surface area (Å²) in [6.07, 6.45) is 0. The molecule has 0 aliphatic carbocycles. The second-order valence-electron chi connectivity index (χ2n) is 3.36. The average Bonchev–Trinajstić information content (AvgIpc) is 2.14. The van der Waals surface area contributed by atoms with Crippen LogP contribution >= 0.6 is 46.4 Å². The van der Waals surface area contributed by atoms with Crippen molar-refractivity contribution in [2.45, 2.75) is 13.8 Å². The zero-order valence-corrected chi connectivity index (χ0v) is 11.1. The van der Waals surface area contributed by atoms with Crippen LogP contribution in [0.25, 0.3) is 0 Å². The van der Waals surface area contributed by atoms with E-state index in [0.29, 0.717) is 0 Å². The van der Waals surface area contributed by atoms with Crippen molar-refractivity contribution in [3.05, 3.63) is 31.7 Å². The lowest BCUT2D eigenvalue weighted by Gasteiger charge is -2.10. The van der Waals surface area contributed by atoms with Crippen molar-refractivity contribution in [2.24, 2.45) is 5.92 Å². The van der Waals surface area contributed by atoms with E-state index >= 15 is 0 Å². The molecule has 1 rings (SSSR count). The van der Waals surface area contributed by atoms with Crippen LogP contribution in [0.5, 0.6) is 0 Å². The molecule has 0 heterocycles. The van der Waals surface area contributed by atoms with Crippen LogP contribution in [0, 0.1) is 5.92 Å². The minimum atomic E-state index is -0.197. The van der Waals surface area contributed by atoms with Crippen molar-refractivity contribution < 1.29 is 4.79 Å². The summed E-state index contributed by atoms with van der Waals surface area (Å²) in [7, 11) is 0. The van der Waals surface area contributed by atoms with Crippen LogP contribution in [0.2, 0.25) is 20.1 Å². The smallest absolute Gasteiger partial charge is 0.168 e. The number of rotatable bonds is 2. The molecule has 0 saturated carbocycles. The van der Waals surface area contributed by atoms with Gasteiger partial charge in [-0.1, -0.05) is 60.3 Å². The molecule has 1 aromatic rings. The van der Waals surface area contributed by atoms with Gasteiger partial charge in [0, 0.05) is 5.92 Å². The third kappa shape index (κ3) is 2.59. The predicted octanol–water partition coefficient (Wildman–Crippen LogP) is 5.14. The quantitative estimate of drug-likeness (QED) is 0.418. The summed E-state index contributed by atoms with van der Waals surface area (Å²) in [5, 5.41) is 0.750. The van der Waals surface area contributed by atoms with E-state index in [0.717, 1.165) is 0 Å². The van der Waals surface area contributed by atoms with Gasteiger partial charge in [0.25, 0.3) is 0 Å². The minimum Gasteiger partial charge on any atom is -0.294 e. The van der Waals surface area contributed by atoms with Crippen molar-refractivity contribution >= 4 is 52.2 Å². The molecule has 15 heavy (non-hydrogen) atoms. The highest BCUT2D eigenvalue weighted by molar-refractivity contribution is 6.51. The maximum atomic E-state index is 11.8. The maximum Gasteiger partial charge on any atom is 0.168 e. The summed E-state index contributed by atoms with van der Waals surface area (Å²) in [4.78, 5) is 11.8. The van der Waals surface area contributed by atoms with Gasteiger partial charge in [-0.3, -0.25) is 4.79 Å². The van der Waals surface area contributed by atoms with Crippen LogP contribution in [-0.2, 0) is 0 Å². The number of Topliss-reactive ketones (excluding diaryl/α,β-unsaturated/α-hetero) is 1. The molecule has 0 spiro atoms. The van der Waals surface area contributed by atoms with E-state index in [1.807, 2.05) is 0 Å². The normalized spacial score (nSPS) is 10.9. The van der Waals surface area contributed by atoms with Crippen LogP contribution in [0.3, 0.4) is 0 Å². The molecule has 1 aromatic carbocycles. The van der Waals surface area contributed by atoms with Crippen LogP contribution in [-0.4, -0.2) is 5.78 Å². The summed E-state index contributed by atoms with van der Waals surface area (Å²) in [5.41, 5.74) is 0.239. The van der Waals surface area contributed by atoms with Gasteiger partial charge >= 0.3 is 0 Å². The van der Waals surface area contributed by atoms with Gasteiger partial charge in [0.2, 0.25) is 0 Å². The zero-order valence-electron chi connectivity index (χ0n) is 8.07. The van der Waals surface area contributed by atoms with E-state index in [1.165, 1.54) is 6.07 Å². The Balaban J connectivity index is 3.43. The lowest BCUT2D eigenvalue weighted by atomic mass is 10.0. The Bertz CT molecular complexity index is 412. The van der Waals surface area contributed by atoms with E-state index in [9.17, 15) is 4.79 Å². The minimum absolute atomic E-state index is 0.118. The number of carbonyl (C=O) groups excluding carboxylic acids is 1. The summed E-state index contributed by atoms with van der Waals surface area (Å²) >= 11 is 23.4. The van der Waals surface area contributed by atoms with Crippen molar-refractivity contribution in [3.8, 4) is 0 Å². The Hall–Kier alpha value is 0.0500. The Kier molecular flexibility index (Phi) is 4.30. The second kappa shape index (κ2) is 4.92. The predicted molar refractivity (Wildman–Crippen MR) is 65.7 cm³/mol. The Morgan fingerprint density at radius 1 is 1.07 bits per heavy atom. The Morgan fingerprint density at radius 2 is 1.60 bits per heavy atom. The highest BCUT2D eigenvalue weighted by Gasteiger charge is 2.21. The van der Waals surface area contributed by atoms with Crippen LogP contribution < -0.4 is 0 Å². The standard InChI is InChI=1S/C10H8Cl4O/c1-4(2)10(15)7-5(11)3-6(12)8(13)9(7)14/h3-4H,1-2H3. The molecule has 0 unspecified atom stereocenters. The number of hydrogen-bond donors (Lipinski definition) is 0. The summed E-state index contributed by atoms with van der Waals surface area (Å²) < 4.78 is 0. The third-order valence-electron chi connectivity index (χ3n) is 1.88. The average molecular weight is 286 g/mol. The molecular weight excluding hydrogens is 278 g/mol. The monoisotopic (exact) mass is 284 g/mol. The Morgan fingerprint density at radius 3 is 2.07 bits per heavy atom. The lowest BCUT2D eigenvalue weighted by Crippen LogP contribution is -2.09. The summed E-state index contributed by atoms with van der Waals surface area (Å²) in [6.45, 7) is 3.52. The van der Waals surface area contributed by atoms with Crippen molar-refractivity contribution in [1.29, 1.82) is 0 Å². The summed E-state index contributed by atoms with van der Waals surface area (Å²) in [5.74, 6) is -0.346. The number of hydrogen-bond acceptors (Lipinski definition) is 1. The number of halogens is 4. The molecule has 0 atom stereocenters. The molecule has 1 nitrogen and oxygen atoms in total. The van der Waals surface area contributed by atoms with Crippen LogP contribution in [0.1, 0.15) is 24.2 Å². The van der Waals surface area contributed by atoms with Gasteiger partial charge in [-0.15, -0.1) is 0 Å². The van der Waals surface area contributed by atoms with Gasteiger partial charge in [0.1, 0.15) is 0 Å². The number of ketones is 1. The second-order valence-corrected chi connectivity index (χ2v) is 4.93. The van der Waals surface area contributed by atoms with Gasteiger partial charge in [0.15, 0.2) is 5.78 Å². The van der Waals surface area contributed by atoms with E-state index < -0.39 is 0 Å². The first kappa shape index (κ1) is 13.1. The topological polar surface area (TPSA) is 17.1 Å². The van der Waals surface area contributed by atoms with Gasteiger partial charge < -0.3 is 0 Å². The zero-order chi connectivity index (χ0) is 11.7. The number of benzene rings is 1. The molecule has 0 aliphatic heterocycles. The Labute approximate surface area is 108 Å². The number of carbonyl (C=O) groups is 1. The van der Waals surface area contributed by atoms with Gasteiger partial charge in [-0.05, 0) is 6.07 Å². The van der Waals surface area contributed by atoms with Crippen molar-refractivity contribution in [2.75, 3.05) is 0 Å². The molecule has 0 aromatic heterocycles. The van der Waals surface area contributed by atoms with Gasteiger partial charge in [-0.25, -0.2) is 0 Å². The SMILES string of the molecule is CC(C)C(=O)c1c(Cl)cc(Cl)c(Cl)c1Cl. The maximum absolute atomic E-state index is 11.8. The largest absolute Gasteiger partial charge is 0.294 e. The molecule has 0 aliphatic rings. The lowest BCUT2D eigenvalue weighted by molar-refractivity contribution is 0.0939. The first-order valence-corrected chi connectivity index (χ1v) is 5.74.